The van der Waals surface area contributed by atoms with E-state index in [0.29, 0.717) is 38.5 Å². The number of hydrogen-bond acceptors (Lipinski definition) is 7. The molecule has 1 heterocycles. The van der Waals surface area contributed by atoms with Crippen molar-refractivity contribution < 1.29 is 31.5 Å². The van der Waals surface area contributed by atoms with Crippen LogP contribution in [0, 0.1) is 0 Å². The summed E-state index contributed by atoms with van der Waals surface area (Å²) in [7, 11) is -2.90. The zero-order valence-corrected chi connectivity index (χ0v) is 20.5. The molecular formula is C19H34N3O7PS. The Kier molecular flexibility index (Phi) is 11.1. The number of carbonyl (C=O) groups excluding carboxylic acids is 3. The van der Waals surface area contributed by atoms with Gasteiger partial charge in [0.15, 0.2) is 7.29 Å². The van der Waals surface area contributed by atoms with Crippen LogP contribution >= 0.6 is 7.29 Å². The molecule has 0 aromatic rings. The predicted octanol–water partition coefficient (Wildman–Crippen LogP) is 1.14. The molecular weight excluding hydrogens is 445 g/mol. The van der Waals surface area contributed by atoms with Crippen LogP contribution in [0.4, 0.5) is 0 Å². The van der Waals surface area contributed by atoms with E-state index in [4.69, 9.17) is 4.18 Å². The first-order valence-electron chi connectivity index (χ1n) is 10.3. The van der Waals surface area contributed by atoms with Gasteiger partial charge in [-0.25, -0.2) is 0 Å². The molecule has 0 aliphatic carbocycles. The Bertz CT molecular complexity index is 810. The zero-order valence-electron chi connectivity index (χ0n) is 18.8. The number of imide groups is 1. The third kappa shape index (κ3) is 9.64. The summed E-state index contributed by atoms with van der Waals surface area (Å²) in [5, 5.41) is 0. The van der Waals surface area contributed by atoms with Crippen LogP contribution in [0.25, 0.3) is 0 Å². The lowest BCUT2D eigenvalue weighted by atomic mass is 10.2. The summed E-state index contributed by atoms with van der Waals surface area (Å²) in [4.78, 5) is 38.0. The molecule has 178 valence electrons. The second kappa shape index (κ2) is 12.5. The summed E-state index contributed by atoms with van der Waals surface area (Å²) in [6.07, 6.45) is 5.95. The summed E-state index contributed by atoms with van der Waals surface area (Å²) in [6.45, 7) is 2.98. The van der Waals surface area contributed by atoms with E-state index >= 15 is 0 Å². The molecule has 1 unspecified atom stereocenters. The third-order valence-electron chi connectivity index (χ3n) is 5.01. The normalized spacial score (nSPS) is 16.2. The molecule has 10 nitrogen and oxygen atoms in total. The van der Waals surface area contributed by atoms with Gasteiger partial charge in [0.05, 0.1) is 12.9 Å². The molecule has 0 radical (unpaired) electrons. The van der Waals surface area contributed by atoms with Crippen LogP contribution in [0.2, 0.25) is 0 Å². The van der Waals surface area contributed by atoms with E-state index in [1.54, 1.807) is 23.7 Å². The Labute approximate surface area is 185 Å². The smallest absolute Gasteiger partial charge is 0.264 e. The predicted molar refractivity (Wildman–Crippen MR) is 118 cm³/mol. The van der Waals surface area contributed by atoms with Gasteiger partial charge in [0.1, 0.15) is 0 Å². The van der Waals surface area contributed by atoms with E-state index in [1.165, 1.54) is 12.2 Å². The third-order valence-corrected chi connectivity index (χ3v) is 9.07. The van der Waals surface area contributed by atoms with Gasteiger partial charge >= 0.3 is 0 Å². The van der Waals surface area contributed by atoms with E-state index in [2.05, 4.69) is 0 Å². The van der Waals surface area contributed by atoms with Gasteiger partial charge in [-0.1, -0.05) is 6.92 Å². The van der Waals surface area contributed by atoms with Crippen LogP contribution in [0.15, 0.2) is 12.2 Å². The van der Waals surface area contributed by atoms with Crippen molar-refractivity contribution in [2.75, 3.05) is 58.9 Å². The highest BCUT2D eigenvalue weighted by atomic mass is 32.2. The maximum absolute atomic E-state index is 13.2. The molecule has 0 saturated heterocycles. The molecule has 0 aromatic carbocycles. The lowest BCUT2D eigenvalue weighted by molar-refractivity contribution is -0.138. The van der Waals surface area contributed by atoms with Crippen molar-refractivity contribution in [1.29, 1.82) is 0 Å². The second-order valence-electron chi connectivity index (χ2n) is 7.63. The van der Waals surface area contributed by atoms with Crippen molar-refractivity contribution in [3.8, 4) is 0 Å². The largest absolute Gasteiger partial charge is 0.346 e. The molecule has 1 aliphatic rings. The molecule has 12 heteroatoms. The van der Waals surface area contributed by atoms with Crippen molar-refractivity contribution in [2.24, 2.45) is 0 Å². The SMILES string of the molecule is CCCP(=O)(CCOS(C)(=O)=O)N(C)CCCN(C)C(=O)CCCN1C(=O)C=CC1=O. The Balaban J connectivity index is 2.39. The molecule has 0 bridgehead atoms. The van der Waals surface area contributed by atoms with E-state index in [1.807, 2.05) is 6.92 Å². The van der Waals surface area contributed by atoms with Gasteiger partial charge in [-0.15, -0.1) is 0 Å². The number of amides is 3. The average molecular weight is 480 g/mol. The van der Waals surface area contributed by atoms with Gasteiger partial charge < -0.3 is 9.46 Å². The molecule has 0 N–H and O–H groups in total. The Morgan fingerprint density at radius 1 is 1.10 bits per heavy atom. The number of carbonyl (C=O) groups is 3. The summed E-state index contributed by atoms with van der Waals surface area (Å²) in [5.74, 6) is -0.799. The van der Waals surface area contributed by atoms with Crippen LogP contribution in [-0.2, 0) is 33.2 Å². The fourth-order valence-electron chi connectivity index (χ4n) is 3.21. The minimum Gasteiger partial charge on any atom is -0.346 e. The molecule has 0 spiro atoms. The number of hydrogen-bond donors (Lipinski definition) is 0. The fourth-order valence-corrected chi connectivity index (χ4v) is 6.21. The first-order chi connectivity index (χ1) is 14.4. The Hall–Kier alpha value is -1.55. The van der Waals surface area contributed by atoms with Crippen LogP contribution in [0.1, 0.15) is 32.6 Å². The van der Waals surface area contributed by atoms with Gasteiger partial charge in [-0.3, -0.25) is 28.1 Å². The maximum Gasteiger partial charge on any atom is 0.264 e. The van der Waals surface area contributed by atoms with Crippen LogP contribution in [0.3, 0.4) is 0 Å². The highest BCUT2D eigenvalue weighted by Gasteiger charge is 2.27. The van der Waals surface area contributed by atoms with Crippen molar-refractivity contribution in [2.45, 2.75) is 32.6 Å². The van der Waals surface area contributed by atoms with E-state index in [0.717, 1.165) is 11.2 Å². The summed E-state index contributed by atoms with van der Waals surface area (Å²) < 4.78 is 42.0. The average Bonchev–Trinajstić information content (AvgIpc) is 2.98. The molecule has 0 saturated carbocycles. The van der Waals surface area contributed by atoms with Crippen LogP contribution in [-0.4, -0.2) is 99.5 Å². The van der Waals surface area contributed by atoms with Crippen molar-refractivity contribution in [3.05, 3.63) is 12.2 Å². The van der Waals surface area contributed by atoms with Crippen molar-refractivity contribution in [1.82, 2.24) is 14.5 Å². The van der Waals surface area contributed by atoms with Gasteiger partial charge in [0, 0.05) is 57.6 Å². The van der Waals surface area contributed by atoms with E-state index in [-0.39, 0.29) is 43.5 Å². The minimum atomic E-state index is -3.57. The highest BCUT2D eigenvalue weighted by Crippen LogP contribution is 2.48. The zero-order chi connectivity index (χ0) is 23.7. The lowest BCUT2D eigenvalue weighted by Crippen LogP contribution is -2.33. The monoisotopic (exact) mass is 479 g/mol. The molecule has 1 rings (SSSR count). The highest BCUT2D eigenvalue weighted by molar-refractivity contribution is 7.86. The molecule has 3 amide bonds. The second-order valence-corrected chi connectivity index (χ2v) is 12.5. The molecule has 0 aromatic heterocycles. The molecule has 31 heavy (non-hydrogen) atoms. The van der Waals surface area contributed by atoms with Crippen molar-refractivity contribution in [3.63, 3.8) is 0 Å². The summed E-state index contributed by atoms with van der Waals surface area (Å²) >= 11 is 0. The van der Waals surface area contributed by atoms with E-state index < -0.39 is 17.4 Å². The Morgan fingerprint density at radius 2 is 1.71 bits per heavy atom. The van der Waals surface area contributed by atoms with E-state index in [9.17, 15) is 27.4 Å². The quantitative estimate of drug-likeness (QED) is 0.195. The molecule has 1 atom stereocenters. The summed E-state index contributed by atoms with van der Waals surface area (Å²) in [6, 6.07) is 0. The minimum absolute atomic E-state index is 0.0898. The van der Waals surface area contributed by atoms with Crippen LogP contribution < -0.4 is 0 Å². The Morgan fingerprint density at radius 3 is 2.26 bits per heavy atom. The van der Waals surface area contributed by atoms with Gasteiger partial charge in [-0.05, 0) is 26.3 Å². The van der Waals surface area contributed by atoms with Crippen LogP contribution in [0.5, 0.6) is 0 Å². The van der Waals surface area contributed by atoms with Gasteiger partial charge in [0.2, 0.25) is 5.91 Å². The van der Waals surface area contributed by atoms with Gasteiger partial charge in [-0.2, -0.15) is 8.42 Å². The first-order valence-corrected chi connectivity index (χ1v) is 14.2. The standard InChI is InChI=1S/C19H34N3O7PS/c1-5-15-30(26,16-14-29-31(4,27)28)21(3)12-7-11-20(2)17(23)8-6-13-22-18(24)9-10-19(22)25/h9-10H,5-8,11-16H2,1-4H3. The van der Waals surface area contributed by atoms with Crippen molar-refractivity contribution >= 4 is 35.1 Å². The number of nitrogens with zero attached hydrogens (tertiary/aromatic N) is 3. The molecule has 1 aliphatic heterocycles. The summed E-state index contributed by atoms with van der Waals surface area (Å²) in [5.41, 5.74) is 0. The number of rotatable bonds is 15. The van der Waals surface area contributed by atoms with Gasteiger partial charge in [0.25, 0.3) is 21.9 Å². The first kappa shape index (κ1) is 27.5. The maximum atomic E-state index is 13.2. The lowest BCUT2D eigenvalue weighted by Gasteiger charge is -2.29. The fraction of sp³-hybridized carbons (Fsp3) is 0.737. The topological polar surface area (TPSA) is 121 Å². The molecule has 0 fully saturated rings.